The van der Waals surface area contributed by atoms with Gasteiger partial charge in [-0.1, -0.05) is 86.4 Å². The summed E-state index contributed by atoms with van der Waals surface area (Å²) in [5.41, 5.74) is 42.0. The molecule has 0 atom stereocenters. The van der Waals surface area contributed by atoms with Gasteiger partial charge in [0.2, 0.25) is 0 Å². The third-order valence-corrected chi connectivity index (χ3v) is 11.8. The second kappa shape index (κ2) is 60.6. The van der Waals surface area contributed by atoms with Crippen molar-refractivity contribution in [1.82, 2.24) is 0 Å². The molecular weight excluding hydrogens is 625 g/mol. The molecule has 0 unspecified atom stereocenters. The highest BCUT2D eigenvalue weighted by atomic mass is 33.1. The first kappa shape index (κ1) is 50.1. The van der Waals surface area contributed by atoms with E-state index < -0.39 is 0 Å². The summed E-state index contributed by atoms with van der Waals surface area (Å²) in [6.45, 7) is 6.13. The highest BCUT2D eigenvalue weighted by molar-refractivity contribution is 8.77. The van der Waals surface area contributed by atoms with E-state index in [0.29, 0.717) is 0 Å². The summed E-state index contributed by atoms with van der Waals surface area (Å²) in [5, 5.41) is 0. The molecule has 0 amide bonds. The molecular formula is C16H52N8S10. The van der Waals surface area contributed by atoms with Crippen molar-refractivity contribution in [1.29, 1.82) is 0 Å². The maximum atomic E-state index is 5.25. The first-order valence-electron chi connectivity index (χ1n) is 10.2. The van der Waals surface area contributed by atoms with E-state index >= 15 is 0 Å². The zero-order valence-electron chi connectivity index (χ0n) is 20.2. The van der Waals surface area contributed by atoms with E-state index in [9.17, 15) is 0 Å². The van der Waals surface area contributed by atoms with Crippen LogP contribution in [0.25, 0.3) is 0 Å². The van der Waals surface area contributed by atoms with Crippen molar-refractivity contribution in [3.05, 3.63) is 0 Å². The first-order valence-corrected chi connectivity index (χ1v) is 20.2. The average molecular weight is 677 g/mol. The SMILES string of the molecule is NCCSSCCN.NCCSSCCN.NCCSSCCN.NCCSSCCN.S.S. The van der Waals surface area contributed by atoms with Gasteiger partial charge in [-0.25, -0.2) is 0 Å². The molecule has 0 saturated carbocycles. The summed E-state index contributed by atoms with van der Waals surface area (Å²) < 4.78 is 0. The molecule has 0 rings (SSSR count). The Bertz CT molecular complexity index is 200. The van der Waals surface area contributed by atoms with E-state index in [4.69, 9.17) is 45.9 Å². The van der Waals surface area contributed by atoms with Gasteiger partial charge in [-0.2, -0.15) is 27.0 Å². The Morgan fingerprint density at radius 2 is 0.324 bits per heavy atom. The van der Waals surface area contributed by atoms with E-state index in [-0.39, 0.29) is 27.0 Å². The van der Waals surface area contributed by atoms with Crippen LogP contribution in [-0.2, 0) is 0 Å². The normalized spacial score (nSPS) is 9.18. The lowest BCUT2D eigenvalue weighted by Crippen LogP contribution is -2.02. The van der Waals surface area contributed by atoms with Crippen LogP contribution in [0.2, 0.25) is 0 Å². The number of hydrogen-bond donors (Lipinski definition) is 8. The van der Waals surface area contributed by atoms with E-state index in [1.54, 1.807) is 86.4 Å². The summed E-state index contributed by atoms with van der Waals surface area (Å²) in [6, 6.07) is 0. The van der Waals surface area contributed by atoms with Crippen LogP contribution in [0.1, 0.15) is 0 Å². The molecule has 0 aromatic carbocycles. The first-order chi connectivity index (χ1) is 15.7. The summed E-state index contributed by atoms with van der Waals surface area (Å²) in [4.78, 5) is 0. The van der Waals surface area contributed by atoms with Crippen molar-refractivity contribution in [2.75, 3.05) is 98.4 Å². The lowest BCUT2D eigenvalue weighted by Gasteiger charge is -1.93. The van der Waals surface area contributed by atoms with Crippen molar-refractivity contribution in [2.24, 2.45) is 45.9 Å². The van der Waals surface area contributed by atoms with Gasteiger partial charge in [0.1, 0.15) is 0 Å². The molecule has 0 aliphatic rings. The Balaban J connectivity index is -0.0000000754. The van der Waals surface area contributed by atoms with Gasteiger partial charge in [0.05, 0.1) is 0 Å². The van der Waals surface area contributed by atoms with Crippen molar-refractivity contribution in [3.8, 4) is 0 Å². The Morgan fingerprint density at radius 3 is 0.382 bits per heavy atom. The predicted molar refractivity (Wildman–Crippen MR) is 193 cm³/mol. The van der Waals surface area contributed by atoms with Crippen LogP contribution < -0.4 is 45.9 Å². The van der Waals surface area contributed by atoms with Gasteiger partial charge < -0.3 is 45.9 Å². The van der Waals surface area contributed by atoms with Gasteiger partial charge in [0.25, 0.3) is 0 Å². The minimum atomic E-state index is 0. The third kappa shape index (κ3) is 76.5. The molecule has 0 aromatic heterocycles. The van der Waals surface area contributed by atoms with Crippen LogP contribution in [0.5, 0.6) is 0 Å². The highest BCUT2D eigenvalue weighted by Crippen LogP contribution is 2.19. The Morgan fingerprint density at radius 1 is 0.235 bits per heavy atom. The second-order valence-electron chi connectivity index (χ2n) is 4.89. The lowest BCUT2D eigenvalue weighted by atomic mass is 10.8. The van der Waals surface area contributed by atoms with Crippen LogP contribution in [0.3, 0.4) is 0 Å². The van der Waals surface area contributed by atoms with Crippen LogP contribution in [0.4, 0.5) is 0 Å². The molecule has 0 heterocycles. The highest BCUT2D eigenvalue weighted by Gasteiger charge is 1.86. The fourth-order valence-corrected chi connectivity index (χ4v) is 7.71. The quantitative estimate of drug-likeness (QED) is 0.0676. The molecule has 8 nitrogen and oxygen atoms in total. The van der Waals surface area contributed by atoms with Crippen LogP contribution in [-0.4, -0.2) is 98.4 Å². The number of hydrogen-bond acceptors (Lipinski definition) is 16. The predicted octanol–water partition coefficient (Wildman–Crippen LogP) is 1.37. The van der Waals surface area contributed by atoms with Crippen molar-refractivity contribution in [2.45, 2.75) is 0 Å². The maximum absolute atomic E-state index is 5.25. The molecule has 0 radical (unpaired) electrons. The molecule has 18 heteroatoms. The van der Waals surface area contributed by atoms with Gasteiger partial charge in [0.15, 0.2) is 0 Å². The van der Waals surface area contributed by atoms with Gasteiger partial charge in [-0.3, -0.25) is 0 Å². The van der Waals surface area contributed by atoms with Gasteiger partial charge in [0, 0.05) is 98.4 Å². The molecule has 216 valence electrons. The van der Waals surface area contributed by atoms with Crippen LogP contribution in [0, 0.1) is 0 Å². The molecule has 0 aliphatic carbocycles. The van der Waals surface area contributed by atoms with E-state index in [1.807, 2.05) is 0 Å². The summed E-state index contributed by atoms with van der Waals surface area (Å²) in [6.07, 6.45) is 0. The molecule has 0 fully saturated rings. The Kier molecular flexibility index (Phi) is 89.2. The second-order valence-corrected chi connectivity index (χ2v) is 15.7. The monoisotopic (exact) mass is 676 g/mol. The van der Waals surface area contributed by atoms with E-state index in [1.165, 1.54) is 0 Å². The fourth-order valence-electron chi connectivity index (χ4n) is 0.856. The summed E-state index contributed by atoms with van der Waals surface area (Å²) in [7, 11) is 14.3. The third-order valence-electron chi connectivity index (χ3n) is 1.94. The minimum absolute atomic E-state index is 0. The van der Waals surface area contributed by atoms with Crippen molar-refractivity contribution >= 4 is 113 Å². The number of rotatable bonds is 20. The van der Waals surface area contributed by atoms with Crippen LogP contribution in [0.15, 0.2) is 0 Å². The average Bonchev–Trinajstić information content (AvgIpc) is 2.82. The van der Waals surface area contributed by atoms with E-state index in [0.717, 1.165) is 98.4 Å². The Hall–Kier alpha value is 3.18. The summed E-state index contributed by atoms with van der Waals surface area (Å²) >= 11 is 0. The largest absolute Gasteiger partial charge is 0.330 e. The van der Waals surface area contributed by atoms with Crippen LogP contribution >= 0.6 is 113 Å². The van der Waals surface area contributed by atoms with Crippen molar-refractivity contribution in [3.63, 3.8) is 0 Å². The minimum Gasteiger partial charge on any atom is -0.330 e. The zero-order chi connectivity index (χ0) is 25.0. The van der Waals surface area contributed by atoms with Gasteiger partial charge in [-0.15, -0.1) is 0 Å². The molecule has 34 heavy (non-hydrogen) atoms. The lowest BCUT2D eigenvalue weighted by molar-refractivity contribution is 1.15. The zero-order valence-corrected chi connectivity index (χ0v) is 28.7. The van der Waals surface area contributed by atoms with Gasteiger partial charge in [-0.05, 0) is 0 Å². The summed E-state index contributed by atoms with van der Waals surface area (Å²) in [5.74, 6) is 8.26. The molecule has 0 spiro atoms. The Labute approximate surface area is 255 Å². The maximum Gasteiger partial charge on any atom is 0.0160 e. The number of nitrogens with two attached hydrogens (primary N) is 8. The molecule has 0 saturated heterocycles. The topological polar surface area (TPSA) is 208 Å². The molecule has 16 N–H and O–H groups in total. The molecule has 0 bridgehead atoms. The van der Waals surface area contributed by atoms with E-state index in [2.05, 4.69) is 0 Å². The smallest absolute Gasteiger partial charge is 0.0160 e. The standard InChI is InChI=1S/4C4H12N2S2.2H2S/c4*5-1-3-7-8-4-2-6;;/h4*1-6H2;2*1H2. The van der Waals surface area contributed by atoms with Gasteiger partial charge >= 0.3 is 0 Å². The van der Waals surface area contributed by atoms with Crippen molar-refractivity contribution < 1.29 is 0 Å². The molecule has 0 aliphatic heterocycles. The fraction of sp³-hybridized carbons (Fsp3) is 1.00. The molecule has 0 aromatic rings.